The third-order valence-electron chi connectivity index (χ3n) is 5.18. The number of nitrogens with two attached hydrogens (primary N) is 1. The van der Waals surface area contributed by atoms with E-state index in [9.17, 15) is 4.79 Å². The molecule has 0 radical (unpaired) electrons. The maximum atomic E-state index is 12.2. The highest BCUT2D eigenvalue weighted by atomic mass is 16.5. The molecule has 132 valence electrons. The Morgan fingerprint density at radius 2 is 1.92 bits per heavy atom. The van der Waals surface area contributed by atoms with Gasteiger partial charge in [0.15, 0.2) is 0 Å². The molecule has 2 atom stereocenters. The molecule has 0 bridgehead atoms. The van der Waals surface area contributed by atoms with Crippen LogP contribution in [0.1, 0.15) is 31.2 Å². The number of benzene rings is 1. The zero-order chi connectivity index (χ0) is 16.8. The Morgan fingerprint density at radius 3 is 2.58 bits per heavy atom. The van der Waals surface area contributed by atoms with E-state index in [1.165, 1.54) is 5.56 Å². The third kappa shape index (κ3) is 4.79. The molecule has 0 aromatic heterocycles. The minimum Gasteiger partial charge on any atom is -0.364 e. The lowest BCUT2D eigenvalue weighted by molar-refractivity contribution is -0.132. The van der Waals surface area contributed by atoms with Gasteiger partial charge in [0.1, 0.15) is 6.10 Å². The first-order chi connectivity index (χ1) is 11.7. The van der Waals surface area contributed by atoms with Gasteiger partial charge in [-0.3, -0.25) is 9.69 Å². The number of likely N-dealkylation sites (tertiary alicyclic amines) is 1. The Morgan fingerprint density at radius 1 is 1.17 bits per heavy atom. The lowest BCUT2D eigenvalue weighted by Gasteiger charge is -2.32. The predicted octanol–water partition coefficient (Wildman–Crippen LogP) is 1.52. The van der Waals surface area contributed by atoms with E-state index in [2.05, 4.69) is 40.5 Å². The molecular formula is C19H29N3O2. The number of amides is 1. The Kier molecular flexibility index (Phi) is 6.24. The SMILES string of the molecule is NC[C@H]1CC[C@@H](C(=O)NCC2CCN(Cc3ccccc3)CC2)O1. The number of hydrogen-bond donors (Lipinski definition) is 2. The molecule has 0 unspecified atom stereocenters. The summed E-state index contributed by atoms with van der Waals surface area (Å²) >= 11 is 0. The van der Waals surface area contributed by atoms with Gasteiger partial charge in [0.2, 0.25) is 5.91 Å². The molecule has 3 N–H and O–H groups in total. The molecule has 2 fully saturated rings. The van der Waals surface area contributed by atoms with Crippen molar-refractivity contribution in [2.45, 2.75) is 44.4 Å². The molecule has 1 amide bonds. The first-order valence-electron chi connectivity index (χ1n) is 9.14. The highest BCUT2D eigenvalue weighted by Gasteiger charge is 2.30. The van der Waals surface area contributed by atoms with Crippen molar-refractivity contribution in [3.8, 4) is 0 Å². The van der Waals surface area contributed by atoms with Gasteiger partial charge in [-0.15, -0.1) is 0 Å². The topological polar surface area (TPSA) is 67.6 Å². The molecule has 0 saturated carbocycles. The molecule has 3 rings (SSSR count). The monoisotopic (exact) mass is 331 g/mol. The van der Waals surface area contributed by atoms with Crippen molar-refractivity contribution in [1.29, 1.82) is 0 Å². The maximum Gasteiger partial charge on any atom is 0.249 e. The Bertz CT molecular complexity index is 515. The van der Waals surface area contributed by atoms with Crippen molar-refractivity contribution in [1.82, 2.24) is 10.2 Å². The number of piperidine rings is 1. The Hall–Kier alpha value is -1.43. The average Bonchev–Trinajstić information content (AvgIpc) is 3.11. The smallest absolute Gasteiger partial charge is 0.249 e. The molecule has 5 heteroatoms. The van der Waals surface area contributed by atoms with Crippen molar-refractivity contribution < 1.29 is 9.53 Å². The zero-order valence-corrected chi connectivity index (χ0v) is 14.3. The van der Waals surface area contributed by atoms with Crippen LogP contribution in [0.25, 0.3) is 0 Å². The van der Waals surface area contributed by atoms with E-state index in [0.717, 1.165) is 51.9 Å². The van der Waals surface area contributed by atoms with E-state index in [-0.39, 0.29) is 18.1 Å². The molecule has 1 aromatic carbocycles. The van der Waals surface area contributed by atoms with Gasteiger partial charge in [-0.1, -0.05) is 30.3 Å². The summed E-state index contributed by atoms with van der Waals surface area (Å²) in [6.45, 7) is 4.50. The molecule has 2 saturated heterocycles. The third-order valence-corrected chi connectivity index (χ3v) is 5.18. The number of hydrogen-bond acceptors (Lipinski definition) is 4. The molecular weight excluding hydrogens is 302 g/mol. The van der Waals surface area contributed by atoms with E-state index in [1.54, 1.807) is 0 Å². The fraction of sp³-hybridized carbons (Fsp3) is 0.632. The van der Waals surface area contributed by atoms with Gasteiger partial charge in [-0.2, -0.15) is 0 Å². The fourth-order valence-electron chi connectivity index (χ4n) is 3.62. The summed E-state index contributed by atoms with van der Waals surface area (Å²) < 4.78 is 5.65. The van der Waals surface area contributed by atoms with E-state index in [4.69, 9.17) is 10.5 Å². The number of nitrogens with zero attached hydrogens (tertiary/aromatic N) is 1. The predicted molar refractivity (Wildman–Crippen MR) is 94.4 cm³/mol. The summed E-state index contributed by atoms with van der Waals surface area (Å²) in [6, 6.07) is 10.6. The first kappa shape index (κ1) is 17.4. The van der Waals surface area contributed by atoms with Gasteiger partial charge < -0.3 is 15.8 Å². The lowest BCUT2D eigenvalue weighted by Crippen LogP contribution is -2.41. The minimum absolute atomic E-state index is 0.0395. The molecule has 2 aliphatic rings. The quantitative estimate of drug-likeness (QED) is 0.829. The van der Waals surface area contributed by atoms with Crippen molar-refractivity contribution in [3.05, 3.63) is 35.9 Å². The summed E-state index contributed by atoms with van der Waals surface area (Å²) in [5, 5.41) is 3.08. The van der Waals surface area contributed by atoms with Crippen LogP contribution in [-0.2, 0) is 16.1 Å². The zero-order valence-electron chi connectivity index (χ0n) is 14.3. The summed E-state index contributed by atoms with van der Waals surface area (Å²) in [5.74, 6) is 0.616. The largest absolute Gasteiger partial charge is 0.364 e. The number of nitrogens with one attached hydrogen (secondary N) is 1. The molecule has 0 aliphatic carbocycles. The van der Waals surface area contributed by atoms with Gasteiger partial charge >= 0.3 is 0 Å². The van der Waals surface area contributed by atoms with Gasteiger partial charge in [0.05, 0.1) is 6.10 Å². The second kappa shape index (κ2) is 8.60. The standard InChI is InChI=1S/C19H29N3O2/c20-12-17-6-7-18(24-17)19(23)21-13-15-8-10-22(11-9-15)14-16-4-2-1-3-5-16/h1-5,15,17-18H,6-14,20H2,(H,21,23)/t17-,18+/m1/s1. The number of ether oxygens (including phenoxy) is 1. The van der Waals surface area contributed by atoms with Gasteiger partial charge in [0, 0.05) is 19.6 Å². The Balaban J connectivity index is 1.34. The molecule has 1 aromatic rings. The lowest BCUT2D eigenvalue weighted by atomic mass is 9.96. The average molecular weight is 331 g/mol. The van der Waals surface area contributed by atoms with Crippen LogP contribution < -0.4 is 11.1 Å². The van der Waals surface area contributed by atoms with Crippen molar-refractivity contribution in [2.24, 2.45) is 11.7 Å². The molecule has 2 heterocycles. The second-order valence-corrected chi connectivity index (χ2v) is 7.01. The van der Waals surface area contributed by atoms with Crippen LogP contribution in [0.5, 0.6) is 0 Å². The van der Waals surface area contributed by atoms with E-state index in [0.29, 0.717) is 12.5 Å². The Labute approximate surface area is 144 Å². The maximum absolute atomic E-state index is 12.2. The normalized spacial score (nSPS) is 25.7. The van der Waals surface area contributed by atoms with E-state index < -0.39 is 0 Å². The fourth-order valence-corrected chi connectivity index (χ4v) is 3.62. The van der Waals surface area contributed by atoms with Gasteiger partial charge in [-0.25, -0.2) is 0 Å². The highest BCUT2D eigenvalue weighted by Crippen LogP contribution is 2.21. The van der Waals surface area contributed by atoms with E-state index >= 15 is 0 Å². The first-order valence-corrected chi connectivity index (χ1v) is 9.14. The van der Waals surface area contributed by atoms with Crippen LogP contribution in [0.2, 0.25) is 0 Å². The summed E-state index contributed by atoms with van der Waals surface area (Å²) in [6.07, 6.45) is 3.74. The molecule has 2 aliphatic heterocycles. The molecule has 24 heavy (non-hydrogen) atoms. The summed E-state index contributed by atoms with van der Waals surface area (Å²) in [4.78, 5) is 14.7. The van der Waals surface area contributed by atoms with Crippen molar-refractivity contribution in [3.63, 3.8) is 0 Å². The van der Waals surface area contributed by atoms with Crippen molar-refractivity contribution in [2.75, 3.05) is 26.2 Å². The van der Waals surface area contributed by atoms with E-state index in [1.807, 2.05) is 0 Å². The van der Waals surface area contributed by atoms with Crippen LogP contribution >= 0.6 is 0 Å². The summed E-state index contributed by atoms with van der Waals surface area (Å²) in [5.41, 5.74) is 6.97. The number of carbonyl (C=O) groups excluding carboxylic acids is 1. The van der Waals surface area contributed by atoms with Gasteiger partial charge in [0.25, 0.3) is 0 Å². The van der Waals surface area contributed by atoms with Crippen LogP contribution in [0.3, 0.4) is 0 Å². The molecule has 0 spiro atoms. The van der Waals surface area contributed by atoms with Crippen molar-refractivity contribution >= 4 is 5.91 Å². The summed E-state index contributed by atoms with van der Waals surface area (Å²) in [7, 11) is 0. The van der Waals surface area contributed by atoms with Gasteiger partial charge in [-0.05, 0) is 50.3 Å². The minimum atomic E-state index is -0.295. The molecule has 5 nitrogen and oxygen atoms in total. The van der Waals surface area contributed by atoms with Crippen LogP contribution in [0, 0.1) is 5.92 Å². The highest BCUT2D eigenvalue weighted by molar-refractivity contribution is 5.81. The number of carbonyl (C=O) groups is 1. The number of rotatable bonds is 6. The van der Waals surface area contributed by atoms with Crippen LogP contribution in [-0.4, -0.2) is 49.2 Å². The van der Waals surface area contributed by atoms with Crippen LogP contribution in [0.4, 0.5) is 0 Å². The van der Waals surface area contributed by atoms with Crippen LogP contribution in [0.15, 0.2) is 30.3 Å². The second-order valence-electron chi connectivity index (χ2n) is 7.01.